The highest BCUT2D eigenvalue weighted by Crippen LogP contribution is 2.25. The number of carbonyl (C=O) groups excluding carboxylic acids is 1. The summed E-state index contributed by atoms with van der Waals surface area (Å²) in [5.74, 6) is -0.537. The van der Waals surface area contributed by atoms with Crippen molar-refractivity contribution >= 4 is 17.5 Å². The van der Waals surface area contributed by atoms with E-state index >= 15 is 0 Å². The van der Waals surface area contributed by atoms with Gasteiger partial charge in [0.1, 0.15) is 0 Å². The van der Waals surface area contributed by atoms with Crippen LogP contribution in [0.15, 0.2) is 36.5 Å². The molecule has 1 aliphatic rings. The molecule has 0 unspecified atom stereocenters. The Morgan fingerprint density at radius 3 is 2.59 bits per heavy atom. The second-order valence-electron chi connectivity index (χ2n) is 7.72. The van der Waals surface area contributed by atoms with Gasteiger partial charge >= 0.3 is 5.97 Å². The number of aromatic nitrogens is 3. The minimum atomic E-state index is -0.888. The van der Waals surface area contributed by atoms with Crippen molar-refractivity contribution in [3.05, 3.63) is 64.6 Å². The van der Waals surface area contributed by atoms with E-state index < -0.39 is 5.97 Å². The lowest BCUT2D eigenvalue weighted by Crippen LogP contribution is -2.39. The fourth-order valence-electron chi connectivity index (χ4n) is 4.10. The first-order valence-corrected chi connectivity index (χ1v) is 9.86. The molecule has 7 heteroatoms. The summed E-state index contributed by atoms with van der Waals surface area (Å²) in [7, 11) is 0. The van der Waals surface area contributed by atoms with E-state index in [0.717, 1.165) is 41.9 Å². The highest BCUT2D eigenvalue weighted by molar-refractivity contribution is 5.95. The monoisotopic (exact) mass is 392 g/mol. The van der Waals surface area contributed by atoms with Crippen LogP contribution in [0.1, 0.15) is 50.5 Å². The smallest absolute Gasteiger partial charge is 0.335 e. The lowest BCUT2D eigenvalue weighted by molar-refractivity contribution is 0.0688. The molecule has 0 bridgehead atoms. The predicted molar refractivity (Wildman–Crippen MR) is 108 cm³/mol. The van der Waals surface area contributed by atoms with Gasteiger partial charge in [-0.1, -0.05) is 18.2 Å². The maximum absolute atomic E-state index is 13.0. The van der Waals surface area contributed by atoms with Crippen LogP contribution in [-0.2, 0) is 6.42 Å². The molecule has 1 amide bonds. The van der Waals surface area contributed by atoms with Crippen molar-refractivity contribution in [2.45, 2.75) is 33.1 Å². The second kappa shape index (κ2) is 7.66. The number of fused-ring (bicyclic) bond motifs is 1. The summed E-state index contributed by atoms with van der Waals surface area (Å²) in [5.41, 5.74) is 4.22. The minimum Gasteiger partial charge on any atom is -0.478 e. The van der Waals surface area contributed by atoms with Gasteiger partial charge in [0.25, 0.3) is 5.91 Å². The van der Waals surface area contributed by atoms with Crippen LogP contribution in [-0.4, -0.2) is 49.6 Å². The third kappa shape index (κ3) is 3.72. The highest BCUT2D eigenvalue weighted by Gasteiger charge is 2.26. The van der Waals surface area contributed by atoms with Crippen molar-refractivity contribution in [1.82, 2.24) is 19.5 Å². The summed E-state index contributed by atoms with van der Waals surface area (Å²) in [6.45, 7) is 5.12. The average molecular weight is 392 g/mol. The molecule has 0 aliphatic carbocycles. The summed E-state index contributed by atoms with van der Waals surface area (Å²) in [4.78, 5) is 30.7. The van der Waals surface area contributed by atoms with Gasteiger partial charge in [-0.25, -0.2) is 14.3 Å². The molecule has 1 N–H and O–H groups in total. The Balaban J connectivity index is 1.44. The molecule has 0 saturated carbocycles. The molecule has 0 radical (unpaired) electrons. The number of benzene rings is 1. The van der Waals surface area contributed by atoms with Crippen molar-refractivity contribution in [2.24, 2.45) is 5.92 Å². The van der Waals surface area contributed by atoms with Gasteiger partial charge in [-0.15, -0.1) is 0 Å². The fourth-order valence-corrected chi connectivity index (χ4v) is 4.10. The highest BCUT2D eigenvalue weighted by atomic mass is 16.4. The zero-order chi connectivity index (χ0) is 20.5. The van der Waals surface area contributed by atoms with Crippen LogP contribution in [0, 0.1) is 19.8 Å². The zero-order valence-corrected chi connectivity index (χ0v) is 16.6. The van der Waals surface area contributed by atoms with Crippen LogP contribution in [0.5, 0.6) is 0 Å². The third-order valence-electron chi connectivity index (χ3n) is 5.73. The molecule has 150 valence electrons. The Morgan fingerprint density at radius 1 is 1.14 bits per heavy atom. The number of carboxylic acid groups (broad SMARTS) is 1. The molecule has 0 atom stereocenters. The van der Waals surface area contributed by atoms with Crippen molar-refractivity contribution in [1.29, 1.82) is 0 Å². The van der Waals surface area contributed by atoms with E-state index in [4.69, 9.17) is 0 Å². The van der Waals surface area contributed by atoms with Gasteiger partial charge in [0.2, 0.25) is 0 Å². The number of likely N-dealkylation sites (tertiary alicyclic amines) is 1. The Hall–Kier alpha value is -3.22. The number of aromatic carboxylic acids is 1. The fraction of sp³-hybridized carbons (Fsp3) is 0.364. The Bertz CT molecular complexity index is 1080. The van der Waals surface area contributed by atoms with E-state index in [1.54, 1.807) is 22.8 Å². The van der Waals surface area contributed by atoms with Gasteiger partial charge in [0.05, 0.1) is 22.5 Å². The van der Waals surface area contributed by atoms with Crippen molar-refractivity contribution in [2.75, 3.05) is 13.1 Å². The quantitative estimate of drug-likeness (QED) is 0.737. The molecule has 3 aromatic rings. The number of piperidine rings is 1. The lowest BCUT2D eigenvalue weighted by Gasteiger charge is -2.32. The number of aryl methyl sites for hydroxylation is 2. The lowest BCUT2D eigenvalue weighted by atomic mass is 9.88. The molecule has 0 spiro atoms. The molecule has 7 nitrogen and oxygen atoms in total. The Labute approximate surface area is 169 Å². The number of hydrogen-bond acceptors (Lipinski definition) is 4. The van der Waals surface area contributed by atoms with Crippen molar-refractivity contribution in [3.8, 4) is 0 Å². The van der Waals surface area contributed by atoms with Crippen LogP contribution < -0.4 is 0 Å². The zero-order valence-electron chi connectivity index (χ0n) is 16.6. The van der Waals surface area contributed by atoms with Gasteiger partial charge in [-0.2, -0.15) is 5.10 Å². The van der Waals surface area contributed by atoms with Crippen LogP contribution in [0.2, 0.25) is 0 Å². The molecule has 1 aliphatic heterocycles. The Morgan fingerprint density at radius 2 is 1.86 bits per heavy atom. The van der Waals surface area contributed by atoms with Gasteiger partial charge in [0.15, 0.2) is 5.65 Å². The second-order valence-corrected chi connectivity index (χ2v) is 7.72. The number of hydrogen-bond donors (Lipinski definition) is 1. The maximum atomic E-state index is 13.0. The largest absolute Gasteiger partial charge is 0.478 e. The first-order valence-electron chi connectivity index (χ1n) is 9.86. The first kappa shape index (κ1) is 19.1. The van der Waals surface area contributed by atoms with E-state index in [-0.39, 0.29) is 5.91 Å². The maximum Gasteiger partial charge on any atom is 0.335 e. The molecule has 3 heterocycles. The van der Waals surface area contributed by atoms with Gasteiger partial charge in [0, 0.05) is 25.4 Å². The molecule has 29 heavy (non-hydrogen) atoms. The standard InChI is InChI=1S/C22H24N4O3/c1-14-11-20-23-13-19(15(2)26(20)24-14)21(27)25-9-7-16(8-10-25)12-17-5-3-4-6-18(17)22(28)29/h3-6,11,13,16H,7-10,12H2,1-2H3,(H,28,29). The SMILES string of the molecule is Cc1cc2ncc(C(=O)N3CCC(Cc4ccccc4C(=O)O)CC3)c(C)n2n1. The number of carbonyl (C=O) groups is 2. The van der Waals surface area contributed by atoms with E-state index in [2.05, 4.69) is 10.1 Å². The van der Waals surface area contributed by atoms with E-state index in [1.807, 2.05) is 36.9 Å². The summed E-state index contributed by atoms with van der Waals surface area (Å²) >= 11 is 0. The van der Waals surface area contributed by atoms with Crippen LogP contribution in [0.3, 0.4) is 0 Å². The minimum absolute atomic E-state index is 0.0190. The van der Waals surface area contributed by atoms with E-state index in [1.165, 1.54) is 0 Å². The molecular formula is C22H24N4O3. The summed E-state index contributed by atoms with van der Waals surface area (Å²) in [6.07, 6.45) is 4.08. The van der Waals surface area contributed by atoms with Crippen LogP contribution in [0.25, 0.3) is 5.65 Å². The number of rotatable bonds is 4. The molecule has 2 aromatic heterocycles. The molecule has 1 aromatic carbocycles. The molecular weight excluding hydrogens is 368 g/mol. The Kier molecular flexibility index (Phi) is 5.05. The number of carboxylic acids is 1. The first-order chi connectivity index (χ1) is 13.9. The molecule has 4 rings (SSSR count). The van der Waals surface area contributed by atoms with Gasteiger partial charge < -0.3 is 10.0 Å². The molecule has 1 fully saturated rings. The predicted octanol–water partition coefficient (Wildman–Crippen LogP) is 3.14. The summed E-state index contributed by atoms with van der Waals surface area (Å²) < 4.78 is 1.72. The topological polar surface area (TPSA) is 87.8 Å². The molecule has 1 saturated heterocycles. The van der Waals surface area contributed by atoms with E-state index in [9.17, 15) is 14.7 Å². The van der Waals surface area contributed by atoms with Crippen LogP contribution >= 0.6 is 0 Å². The summed E-state index contributed by atoms with van der Waals surface area (Å²) in [6, 6.07) is 9.06. The van der Waals surface area contributed by atoms with Crippen LogP contribution in [0.4, 0.5) is 0 Å². The van der Waals surface area contributed by atoms with E-state index in [0.29, 0.717) is 30.1 Å². The number of amides is 1. The van der Waals surface area contributed by atoms with Crippen molar-refractivity contribution < 1.29 is 14.7 Å². The summed E-state index contributed by atoms with van der Waals surface area (Å²) in [5, 5.41) is 13.8. The van der Waals surface area contributed by atoms with Gasteiger partial charge in [-0.05, 0) is 50.7 Å². The van der Waals surface area contributed by atoms with Crippen molar-refractivity contribution in [3.63, 3.8) is 0 Å². The third-order valence-corrected chi connectivity index (χ3v) is 5.73. The number of nitrogens with zero attached hydrogens (tertiary/aromatic N) is 4. The average Bonchev–Trinajstić information content (AvgIpc) is 3.10. The van der Waals surface area contributed by atoms with Gasteiger partial charge in [-0.3, -0.25) is 4.79 Å². The normalized spacial score (nSPS) is 15.0.